The number of amides is 2. The molecule has 0 aromatic heterocycles. The predicted octanol–water partition coefficient (Wildman–Crippen LogP) is 2.03. The number of halogens is 1. The number of morpholine rings is 1. The zero-order chi connectivity index (χ0) is 21.5. The Hall–Kier alpha value is -2.50. The zero-order valence-corrected chi connectivity index (χ0v) is 17.4. The topological polar surface area (TPSA) is 76.9 Å². The largest absolute Gasteiger partial charge is 0.378 e. The van der Waals surface area contributed by atoms with Crippen LogP contribution in [0.2, 0.25) is 0 Å². The number of carbonyl (C=O) groups is 2. The molecule has 0 saturated carbocycles. The van der Waals surface area contributed by atoms with Crippen LogP contribution >= 0.6 is 0 Å². The molecule has 2 atom stereocenters. The van der Waals surface area contributed by atoms with Crippen LogP contribution in [-0.2, 0) is 14.3 Å². The van der Waals surface area contributed by atoms with Gasteiger partial charge in [0, 0.05) is 31.9 Å². The first kappa shape index (κ1) is 22.2. The van der Waals surface area contributed by atoms with Gasteiger partial charge in [-0.1, -0.05) is 0 Å². The number of anilines is 1. The van der Waals surface area contributed by atoms with E-state index in [2.05, 4.69) is 11.0 Å². The fourth-order valence-corrected chi connectivity index (χ4v) is 4.13. The van der Waals surface area contributed by atoms with Gasteiger partial charge in [0.25, 0.3) is 0 Å². The zero-order valence-electron chi connectivity index (χ0n) is 17.4. The van der Waals surface area contributed by atoms with E-state index in [1.165, 1.54) is 12.1 Å². The lowest BCUT2D eigenvalue weighted by molar-refractivity contribution is -0.142. The van der Waals surface area contributed by atoms with Crippen LogP contribution in [0.5, 0.6) is 0 Å². The fourth-order valence-electron chi connectivity index (χ4n) is 4.13. The van der Waals surface area contributed by atoms with Gasteiger partial charge in [0.2, 0.25) is 11.8 Å². The molecule has 8 heteroatoms. The molecule has 2 unspecified atom stereocenters. The first-order valence-corrected chi connectivity index (χ1v) is 10.6. The summed E-state index contributed by atoms with van der Waals surface area (Å²) >= 11 is 0. The fraction of sp³-hybridized carbons (Fsp3) is 0.591. The van der Waals surface area contributed by atoms with E-state index in [0.29, 0.717) is 38.5 Å². The minimum atomic E-state index is -0.436. The highest BCUT2D eigenvalue weighted by Gasteiger charge is 2.35. The van der Waals surface area contributed by atoms with E-state index in [1.807, 2.05) is 11.8 Å². The van der Waals surface area contributed by atoms with Gasteiger partial charge in [-0.05, 0) is 50.6 Å². The summed E-state index contributed by atoms with van der Waals surface area (Å²) in [7, 11) is 0. The van der Waals surface area contributed by atoms with Gasteiger partial charge in [0.05, 0.1) is 37.7 Å². The van der Waals surface area contributed by atoms with Gasteiger partial charge in [-0.3, -0.25) is 14.5 Å². The van der Waals surface area contributed by atoms with Crippen LogP contribution in [0.15, 0.2) is 24.3 Å². The predicted molar refractivity (Wildman–Crippen MR) is 110 cm³/mol. The van der Waals surface area contributed by atoms with Crippen molar-refractivity contribution in [3.8, 4) is 6.07 Å². The Kier molecular flexibility index (Phi) is 7.77. The molecule has 0 spiro atoms. The van der Waals surface area contributed by atoms with Crippen LogP contribution in [-0.4, -0.2) is 73.6 Å². The van der Waals surface area contributed by atoms with Crippen molar-refractivity contribution >= 4 is 17.5 Å². The first-order chi connectivity index (χ1) is 14.5. The van der Waals surface area contributed by atoms with Crippen molar-refractivity contribution in [2.45, 2.75) is 32.2 Å². The molecule has 2 heterocycles. The summed E-state index contributed by atoms with van der Waals surface area (Å²) in [5.74, 6) is -0.496. The number of ether oxygens (including phenoxy) is 1. The Morgan fingerprint density at radius 2 is 1.97 bits per heavy atom. The van der Waals surface area contributed by atoms with Crippen molar-refractivity contribution in [2.75, 3.05) is 50.8 Å². The molecular formula is C22H29FN4O3. The molecule has 2 amide bonds. The van der Waals surface area contributed by atoms with Gasteiger partial charge in [-0.15, -0.1) is 0 Å². The molecule has 3 rings (SSSR count). The Bertz CT molecular complexity index is 774. The van der Waals surface area contributed by atoms with Crippen molar-refractivity contribution in [1.29, 1.82) is 5.26 Å². The summed E-state index contributed by atoms with van der Waals surface area (Å²) in [6.45, 7) is 5.76. The van der Waals surface area contributed by atoms with E-state index in [0.717, 1.165) is 19.4 Å². The number of likely N-dealkylation sites (tertiary alicyclic amines) is 1. The van der Waals surface area contributed by atoms with Gasteiger partial charge < -0.3 is 14.5 Å². The van der Waals surface area contributed by atoms with E-state index in [4.69, 9.17) is 10.00 Å². The highest BCUT2D eigenvalue weighted by atomic mass is 19.1. The Morgan fingerprint density at radius 3 is 2.63 bits per heavy atom. The minimum absolute atomic E-state index is 0.120. The second kappa shape index (κ2) is 10.5. The highest BCUT2D eigenvalue weighted by molar-refractivity contribution is 5.97. The third kappa shape index (κ3) is 5.35. The smallest absolute Gasteiger partial charge is 0.244 e. The third-order valence-electron chi connectivity index (χ3n) is 5.88. The number of hydrogen-bond acceptors (Lipinski definition) is 5. The average molecular weight is 416 g/mol. The molecule has 2 aliphatic heterocycles. The minimum Gasteiger partial charge on any atom is -0.378 e. The Morgan fingerprint density at radius 1 is 1.27 bits per heavy atom. The molecular weight excluding hydrogens is 387 g/mol. The summed E-state index contributed by atoms with van der Waals surface area (Å²) < 4.78 is 18.7. The summed E-state index contributed by atoms with van der Waals surface area (Å²) in [4.78, 5) is 31.6. The number of rotatable bonds is 6. The maximum absolute atomic E-state index is 13.3. The quantitative estimate of drug-likeness (QED) is 0.709. The molecule has 1 aromatic carbocycles. The Balaban J connectivity index is 1.68. The van der Waals surface area contributed by atoms with Crippen molar-refractivity contribution in [3.05, 3.63) is 30.1 Å². The molecule has 162 valence electrons. The molecule has 2 saturated heterocycles. The highest BCUT2D eigenvalue weighted by Crippen LogP contribution is 2.24. The number of nitriles is 1. The van der Waals surface area contributed by atoms with Gasteiger partial charge in [0.1, 0.15) is 5.82 Å². The number of hydrogen-bond donors (Lipinski definition) is 0. The van der Waals surface area contributed by atoms with Gasteiger partial charge >= 0.3 is 0 Å². The molecule has 0 aliphatic carbocycles. The maximum Gasteiger partial charge on any atom is 0.244 e. The van der Waals surface area contributed by atoms with Crippen LogP contribution in [0, 0.1) is 23.1 Å². The SMILES string of the molecule is CC(C(=O)N(CCC#N)c1ccc(F)cc1)N1CCCC(C(=O)N2CCOCC2)C1. The van der Waals surface area contributed by atoms with Gasteiger partial charge in [-0.2, -0.15) is 5.26 Å². The van der Waals surface area contributed by atoms with Crippen LogP contribution in [0.4, 0.5) is 10.1 Å². The van der Waals surface area contributed by atoms with Crippen LogP contribution in [0.1, 0.15) is 26.2 Å². The molecule has 2 fully saturated rings. The number of piperidine rings is 1. The van der Waals surface area contributed by atoms with Crippen LogP contribution < -0.4 is 4.90 Å². The monoisotopic (exact) mass is 416 g/mol. The molecule has 0 radical (unpaired) electrons. The van der Waals surface area contributed by atoms with E-state index >= 15 is 0 Å². The first-order valence-electron chi connectivity index (χ1n) is 10.6. The van der Waals surface area contributed by atoms with Crippen LogP contribution in [0.25, 0.3) is 0 Å². The Labute approximate surface area is 177 Å². The normalized spacial score (nSPS) is 21.0. The van der Waals surface area contributed by atoms with Gasteiger partial charge in [-0.25, -0.2) is 4.39 Å². The summed E-state index contributed by atoms with van der Waals surface area (Å²) in [6, 6.07) is 7.36. The molecule has 7 nitrogen and oxygen atoms in total. The lowest BCUT2D eigenvalue weighted by Gasteiger charge is -2.39. The lowest BCUT2D eigenvalue weighted by Crippen LogP contribution is -2.54. The molecule has 30 heavy (non-hydrogen) atoms. The lowest BCUT2D eigenvalue weighted by atomic mass is 9.95. The van der Waals surface area contributed by atoms with E-state index in [1.54, 1.807) is 17.0 Å². The van der Waals surface area contributed by atoms with Crippen molar-refractivity contribution < 1.29 is 18.7 Å². The summed E-state index contributed by atoms with van der Waals surface area (Å²) in [6.07, 6.45) is 1.87. The summed E-state index contributed by atoms with van der Waals surface area (Å²) in [5, 5.41) is 8.99. The second-order valence-electron chi connectivity index (χ2n) is 7.82. The third-order valence-corrected chi connectivity index (χ3v) is 5.88. The maximum atomic E-state index is 13.3. The van der Waals surface area contributed by atoms with Crippen molar-refractivity contribution in [2.24, 2.45) is 5.92 Å². The second-order valence-corrected chi connectivity index (χ2v) is 7.82. The number of nitrogens with zero attached hydrogens (tertiary/aromatic N) is 4. The van der Waals surface area contributed by atoms with E-state index in [-0.39, 0.29) is 36.5 Å². The standard InChI is InChI=1S/C22H29FN4O3/c1-17(21(28)27(11-3-9-24)20-7-5-19(23)6-8-20)26-10-2-4-18(16-26)22(29)25-12-14-30-15-13-25/h5-8,17-18H,2-4,10-16H2,1H3. The average Bonchev–Trinajstić information content (AvgIpc) is 2.80. The number of carbonyl (C=O) groups excluding carboxylic acids is 2. The van der Waals surface area contributed by atoms with E-state index < -0.39 is 6.04 Å². The molecule has 2 aliphatic rings. The molecule has 0 N–H and O–H groups in total. The molecule has 0 bridgehead atoms. The van der Waals surface area contributed by atoms with Gasteiger partial charge in [0.15, 0.2) is 0 Å². The van der Waals surface area contributed by atoms with Crippen molar-refractivity contribution in [3.63, 3.8) is 0 Å². The number of benzene rings is 1. The van der Waals surface area contributed by atoms with E-state index in [9.17, 15) is 14.0 Å². The van der Waals surface area contributed by atoms with Crippen LogP contribution in [0.3, 0.4) is 0 Å². The van der Waals surface area contributed by atoms with Crippen molar-refractivity contribution in [1.82, 2.24) is 9.80 Å². The molecule has 1 aromatic rings. The summed E-state index contributed by atoms with van der Waals surface area (Å²) in [5.41, 5.74) is 0.571.